The minimum atomic E-state index is -3.08. The molecule has 0 aliphatic carbocycles. The van der Waals surface area contributed by atoms with Crippen LogP contribution < -0.4 is 16.4 Å². The van der Waals surface area contributed by atoms with Crippen molar-refractivity contribution in [1.29, 1.82) is 5.26 Å². The third-order valence-corrected chi connectivity index (χ3v) is 14.5. The van der Waals surface area contributed by atoms with Crippen molar-refractivity contribution in [1.82, 2.24) is 19.8 Å². The predicted octanol–water partition coefficient (Wildman–Crippen LogP) is 7.50. The molecule has 0 spiro atoms. The second-order valence-electron chi connectivity index (χ2n) is 14.4. The highest BCUT2D eigenvalue weighted by Gasteiger charge is 2.28. The number of amides is 3. The van der Waals surface area contributed by atoms with Crippen LogP contribution in [0.5, 0.6) is 0 Å². The normalized spacial score (nSPS) is 15.2. The number of anilines is 4. The number of sulfone groups is 2. The van der Waals surface area contributed by atoms with Gasteiger partial charge in [-0.25, -0.2) is 21.8 Å². The zero-order valence-corrected chi connectivity index (χ0v) is 38.2. The predicted molar refractivity (Wildman–Crippen MR) is 246 cm³/mol. The highest BCUT2D eigenvalue weighted by atomic mass is 35.5. The Labute approximate surface area is 391 Å². The van der Waals surface area contributed by atoms with Crippen LogP contribution in [-0.4, -0.2) is 104 Å². The molecule has 336 valence electrons. The van der Waals surface area contributed by atoms with Gasteiger partial charge in [0.05, 0.1) is 54.2 Å². The summed E-state index contributed by atoms with van der Waals surface area (Å²) in [5.74, 6) is -1.23. The van der Waals surface area contributed by atoms with Crippen molar-refractivity contribution in [3.63, 3.8) is 0 Å². The van der Waals surface area contributed by atoms with E-state index in [9.17, 15) is 36.5 Å². The maximum atomic E-state index is 12.6. The number of oxazole rings is 2. The van der Waals surface area contributed by atoms with Crippen molar-refractivity contribution >= 4 is 107 Å². The van der Waals surface area contributed by atoms with Gasteiger partial charge in [-0.15, -0.1) is 0 Å². The second-order valence-corrected chi connectivity index (χ2v) is 20.6. The maximum Gasteiger partial charge on any atom is 0.273 e. The van der Waals surface area contributed by atoms with Gasteiger partial charge in [0.1, 0.15) is 6.07 Å². The fourth-order valence-corrected chi connectivity index (χ4v) is 10.0. The lowest BCUT2D eigenvalue weighted by Gasteiger charge is -2.26. The van der Waals surface area contributed by atoms with E-state index in [0.29, 0.717) is 53.7 Å². The first-order valence-corrected chi connectivity index (χ1v) is 24.4. The molecule has 23 heteroatoms. The minimum Gasteiger partial charge on any atom is -0.419 e. The topological polar surface area (TPSA) is 252 Å². The van der Waals surface area contributed by atoms with Gasteiger partial charge in [-0.05, 0) is 72.8 Å². The highest BCUT2D eigenvalue weighted by molar-refractivity contribution is 7.91. The van der Waals surface area contributed by atoms with Gasteiger partial charge in [0.15, 0.2) is 25.4 Å². The molecule has 2 aliphatic heterocycles. The highest BCUT2D eigenvalue weighted by Crippen LogP contribution is 2.38. The lowest BCUT2D eigenvalue weighted by Crippen LogP contribution is -2.43. The van der Waals surface area contributed by atoms with E-state index in [1.54, 1.807) is 84.9 Å². The molecule has 0 bridgehead atoms. The Morgan fingerprint density at radius 2 is 0.969 bits per heavy atom. The molecule has 0 radical (unpaired) electrons. The van der Waals surface area contributed by atoms with E-state index in [4.69, 9.17) is 61.0 Å². The number of rotatable bonds is 9. The molecule has 0 atom stereocenters. The number of halogens is 4. The minimum absolute atomic E-state index is 0.00574. The first-order chi connectivity index (χ1) is 30.9. The Hall–Kier alpha value is -6.14. The largest absolute Gasteiger partial charge is 0.419 e. The number of carbonyl (C=O) groups is 3. The molecule has 2 aromatic heterocycles. The van der Waals surface area contributed by atoms with Crippen LogP contribution in [0.1, 0.15) is 36.9 Å². The number of nitrogens with zero attached hydrogens (tertiary/aromatic N) is 5. The number of carbonyl (C=O) groups excluding carboxylic acids is 3. The number of nitriles is 1. The average molecular weight is 1000 g/mol. The molecule has 4 aromatic carbocycles. The Morgan fingerprint density at radius 3 is 1.35 bits per heavy atom. The fourth-order valence-electron chi connectivity index (χ4n) is 6.52. The third-order valence-electron chi connectivity index (χ3n) is 9.99. The number of nitrogens with two attached hydrogens (primary N) is 1. The molecule has 6 aromatic rings. The lowest BCUT2D eigenvalue weighted by atomic mass is 10.1. The molecular weight excluding hydrogens is 966 g/mol. The number of nitrogens with one attached hydrogen (secondary N) is 2. The monoisotopic (exact) mass is 998 g/mol. The van der Waals surface area contributed by atoms with Crippen LogP contribution in [-0.2, 0) is 19.7 Å². The van der Waals surface area contributed by atoms with Crippen molar-refractivity contribution in [2.75, 3.05) is 59.8 Å². The van der Waals surface area contributed by atoms with Crippen molar-refractivity contribution in [2.45, 2.75) is 0 Å². The van der Waals surface area contributed by atoms with Gasteiger partial charge < -0.3 is 35.0 Å². The Bertz CT molecular complexity index is 3020. The summed E-state index contributed by atoms with van der Waals surface area (Å²) in [5.41, 5.74) is 7.91. The number of benzene rings is 4. The van der Waals surface area contributed by atoms with E-state index in [1.807, 2.05) is 6.07 Å². The van der Waals surface area contributed by atoms with Crippen LogP contribution in [0.25, 0.3) is 22.9 Å². The van der Waals surface area contributed by atoms with Crippen LogP contribution in [0.3, 0.4) is 0 Å². The number of aromatic nitrogens is 2. The smallest absolute Gasteiger partial charge is 0.273 e. The molecule has 4 heterocycles. The van der Waals surface area contributed by atoms with Crippen LogP contribution in [0, 0.1) is 11.3 Å². The van der Waals surface area contributed by atoms with Crippen LogP contribution in [0.15, 0.2) is 93.8 Å². The molecule has 0 unspecified atom stereocenters. The van der Waals surface area contributed by atoms with E-state index in [-0.39, 0.29) is 95.9 Å². The number of hydrogen-bond donors (Lipinski definition) is 3. The molecule has 4 N–H and O–H groups in total. The first kappa shape index (κ1) is 46.8. The molecular formula is C42H34Cl4N8O9S2. The zero-order chi connectivity index (χ0) is 46.6. The summed E-state index contributed by atoms with van der Waals surface area (Å²) in [6.45, 7) is 0.680. The summed E-state index contributed by atoms with van der Waals surface area (Å²) in [6, 6.07) is 24.7. The standard InChI is InChI=1S/C21H18Cl2N4O5S.C21H16Cl2N4O4S/c22-14-2-1-3-15(23)16(14)19-26-17(18(24)28)20(32-19)25-13-6-4-12(5-7-13)21(29)27-8-10-33(30,31)11-9-27;22-15-2-1-3-16(23)18(15)20-26-17(12-24)19(31-20)25-14-6-4-13(5-7-14)21(28)27-8-10-32(29,30)11-9-27/h1-7,25H,8-11H2,(H2,24,28);1-7,25H,8-11H2. The molecule has 0 saturated carbocycles. The van der Waals surface area contributed by atoms with Crippen molar-refractivity contribution < 1.29 is 40.1 Å². The second kappa shape index (κ2) is 19.5. The average Bonchev–Trinajstić information content (AvgIpc) is 3.87. The van der Waals surface area contributed by atoms with E-state index < -0.39 is 25.6 Å². The molecule has 3 amide bonds. The number of primary amides is 1. The van der Waals surface area contributed by atoms with Crippen LogP contribution in [0.2, 0.25) is 20.1 Å². The lowest BCUT2D eigenvalue weighted by molar-refractivity contribution is 0.0762. The molecule has 2 aliphatic rings. The SMILES string of the molecule is N#Cc1nc(-c2c(Cl)cccc2Cl)oc1Nc1ccc(C(=O)N2CCS(=O)(=O)CC2)cc1.NC(=O)c1nc(-c2c(Cl)cccc2Cl)oc1Nc1ccc(C(=O)N2CCS(=O)(=O)CC2)cc1. The van der Waals surface area contributed by atoms with Crippen LogP contribution >= 0.6 is 46.4 Å². The first-order valence-electron chi connectivity index (χ1n) is 19.3. The fraction of sp³-hybridized carbons (Fsp3) is 0.190. The van der Waals surface area contributed by atoms with E-state index >= 15 is 0 Å². The molecule has 8 rings (SSSR count). The summed E-state index contributed by atoms with van der Waals surface area (Å²) in [4.78, 5) is 48.5. The quantitative estimate of drug-likeness (QED) is 0.127. The van der Waals surface area contributed by atoms with Gasteiger partial charge in [-0.3, -0.25) is 14.4 Å². The van der Waals surface area contributed by atoms with Gasteiger partial charge >= 0.3 is 0 Å². The Balaban J connectivity index is 0.000000194. The molecule has 2 fully saturated rings. The van der Waals surface area contributed by atoms with E-state index in [1.165, 1.54) is 9.80 Å². The summed E-state index contributed by atoms with van der Waals surface area (Å²) in [7, 11) is -6.15. The van der Waals surface area contributed by atoms with Crippen molar-refractivity contribution in [2.24, 2.45) is 5.73 Å². The van der Waals surface area contributed by atoms with Gasteiger partial charge in [-0.2, -0.15) is 10.2 Å². The Kier molecular flexibility index (Phi) is 14.1. The Morgan fingerprint density at radius 1 is 0.600 bits per heavy atom. The summed E-state index contributed by atoms with van der Waals surface area (Å²) < 4.78 is 57.7. The van der Waals surface area contributed by atoms with Gasteiger partial charge in [0.25, 0.3) is 17.7 Å². The van der Waals surface area contributed by atoms with Gasteiger partial charge in [0, 0.05) is 48.7 Å². The van der Waals surface area contributed by atoms with E-state index in [0.717, 1.165) is 0 Å². The summed E-state index contributed by atoms with van der Waals surface area (Å²) in [6.07, 6.45) is 0. The van der Waals surface area contributed by atoms with Crippen molar-refractivity contribution in [3.8, 4) is 29.0 Å². The number of hydrogen-bond acceptors (Lipinski definition) is 14. The summed E-state index contributed by atoms with van der Waals surface area (Å²) >= 11 is 24.8. The summed E-state index contributed by atoms with van der Waals surface area (Å²) in [5, 5.41) is 16.6. The molecule has 65 heavy (non-hydrogen) atoms. The molecule has 2 saturated heterocycles. The third kappa shape index (κ3) is 11.0. The zero-order valence-electron chi connectivity index (χ0n) is 33.6. The molecule has 17 nitrogen and oxygen atoms in total. The van der Waals surface area contributed by atoms with Gasteiger partial charge in [-0.1, -0.05) is 58.5 Å². The maximum absolute atomic E-state index is 12.6. The van der Waals surface area contributed by atoms with Crippen LogP contribution in [0.4, 0.5) is 23.1 Å². The van der Waals surface area contributed by atoms with Crippen molar-refractivity contribution in [3.05, 3.63) is 128 Å². The van der Waals surface area contributed by atoms with Gasteiger partial charge in [0.2, 0.25) is 29.2 Å². The van der Waals surface area contributed by atoms with E-state index in [2.05, 4.69) is 20.6 Å².